The minimum atomic E-state index is -0.342. The number of hydrogen-bond donors (Lipinski definition) is 1. The van der Waals surface area contributed by atoms with Crippen LogP contribution in [0, 0.1) is 11.3 Å². The van der Waals surface area contributed by atoms with Crippen molar-refractivity contribution in [2.24, 2.45) is 0 Å². The predicted octanol–water partition coefficient (Wildman–Crippen LogP) is 4.52. The molecule has 154 valence electrons. The number of nitriles is 1. The van der Waals surface area contributed by atoms with E-state index in [4.69, 9.17) is 4.74 Å². The van der Waals surface area contributed by atoms with Crippen molar-refractivity contribution in [2.45, 2.75) is 40.2 Å². The van der Waals surface area contributed by atoms with Crippen LogP contribution in [0.1, 0.15) is 39.7 Å². The van der Waals surface area contributed by atoms with Gasteiger partial charge in [-0.2, -0.15) is 5.26 Å². The number of fused-ring (bicyclic) bond motifs is 1. The number of ether oxygens (including phenoxy) is 1. The topological polar surface area (TPSA) is 65.4 Å². The van der Waals surface area contributed by atoms with Gasteiger partial charge in [0.05, 0.1) is 0 Å². The van der Waals surface area contributed by atoms with Crippen LogP contribution in [0.4, 0.5) is 5.69 Å². The van der Waals surface area contributed by atoms with E-state index in [0.717, 1.165) is 29.4 Å². The molecule has 0 aromatic heterocycles. The fourth-order valence-corrected chi connectivity index (χ4v) is 3.36. The lowest BCUT2D eigenvalue weighted by atomic mass is 9.98. The molecule has 1 amide bonds. The van der Waals surface area contributed by atoms with Gasteiger partial charge in [-0.1, -0.05) is 18.2 Å². The van der Waals surface area contributed by atoms with Crippen molar-refractivity contribution >= 4 is 27.9 Å². The van der Waals surface area contributed by atoms with Crippen LogP contribution in [0.3, 0.4) is 0 Å². The minimum Gasteiger partial charge on any atom is -0.385 e. The van der Waals surface area contributed by atoms with E-state index in [-0.39, 0.29) is 17.5 Å². The Morgan fingerprint density at radius 2 is 1.83 bits per heavy atom. The number of anilines is 1. The second-order valence-corrected chi connectivity index (χ2v) is 7.19. The van der Waals surface area contributed by atoms with Gasteiger partial charge in [0.2, 0.25) is 0 Å². The van der Waals surface area contributed by atoms with E-state index >= 15 is 0 Å². The van der Waals surface area contributed by atoms with Crippen LogP contribution in [0.25, 0.3) is 16.3 Å². The fourth-order valence-electron chi connectivity index (χ4n) is 3.36. The first-order valence-electron chi connectivity index (χ1n) is 10.1. The summed E-state index contributed by atoms with van der Waals surface area (Å²) >= 11 is 0. The average molecular weight is 394 g/mol. The molecule has 0 heterocycles. The summed E-state index contributed by atoms with van der Waals surface area (Å²) in [7, 11) is 1.63. The molecule has 2 rings (SSSR count). The van der Waals surface area contributed by atoms with E-state index in [1.165, 1.54) is 5.69 Å². The SMILES string of the molecule is CCN(CC)c1ccc2cc(/C(C)=C(\C#N)C(=O)NC(C)CCOC)ccc2c1. The van der Waals surface area contributed by atoms with Gasteiger partial charge in [0, 0.05) is 38.5 Å². The maximum Gasteiger partial charge on any atom is 0.262 e. The molecule has 2 aromatic carbocycles. The molecule has 1 N–H and O–H groups in total. The number of carbonyl (C=O) groups excluding carboxylic acids is 1. The summed E-state index contributed by atoms with van der Waals surface area (Å²) < 4.78 is 5.04. The van der Waals surface area contributed by atoms with Crippen LogP contribution in [-0.4, -0.2) is 38.8 Å². The van der Waals surface area contributed by atoms with Crippen LogP contribution in [-0.2, 0) is 9.53 Å². The van der Waals surface area contributed by atoms with E-state index < -0.39 is 0 Å². The zero-order valence-electron chi connectivity index (χ0n) is 18.1. The van der Waals surface area contributed by atoms with Gasteiger partial charge in [0.1, 0.15) is 11.6 Å². The number of carbonyl (C=O) groups is 1. The van der Waals surface area contributed by atoms with Gasteiger partial charge in [0.15, 0.2) is 0 Å². The molecule has 1 atom stereocenters. The van der Waals surface area contributed by atoms with Crippen molar-refractivity contribution < 1.29 is 9.53 Å². The first-order chi connectivity index (χ1) is 13.9. The predicted molar refractivity (Wildman–Crippen MR) is 120 cm³/mol. The number of rotatable bonds is 9. The summed E-state index contributed by atoms with van der Waals surface area (Å²) in [5, 5.41) is 14.7. The highest BCUT2D eigenvalue weighted by atomic mass is 16.5. The number of methoxy groups -OCH3 is 1. The molecule has 0 aliphatic heterocycles. The number of amides is 1. The van der Waals surface area contributed by atoms with Crippen molar-refractivity contribution in [3.8, 4) is 6.07 Å². The summed E-state index contributed by atoms with van der Waals surface area (Å²) in [4.78, 5) is 14.9. The molecule has 0 aliphatic carbocycles. The number of allylic oxidation sites excluding steroid dienone is 1. The molecule has 2 aromatic rings. The maximum absolute atomic E-state index is 12.6. The Kier molecular flexibility index (Phi) is 8.23. The second kappa shape index (κ2) is 10.6. The molecule has 0 saturated carbocycles. The molecule has 5 heteroatoms. The molecule has 0 radical (unpaired) electrons. The lowest BCUT2D eigenvalue weighted by molar-refractivity contribution is -0.117. The molecule has 0 aliphatic rings. The summed E-state index contributed by atoms with van der Waals surface area (Å²) in [6, 6.07) is 14.5. The summed E-state index contributed by atoms with van der Waals surface area (Å²) in [5.41, 5.74) is 2.90. The highest BCUT2D eigenvalue weighted by Gasteiger charge is 2.16. The third-order valence-corrected chi connectivity index (χ3v) is 5.23. The summed E-state index contributed by atoms with van der Waals surface area (Å²) in [6.45, 7) is 10.5. The largest absolute Gasteiger partial charge is 0.385 e. The fraction of sp³-hybridized carbons (Fsp3) is 0.417. The molecule has 1 unspecified atom stereocenters. The standard InChI is InChI=1S/C24H31N3O2/c1-6-27(7-2)22-11-10-20-14-19(8-9-21(20)15-22)18(4)23(16-25)24(28)26-17(3)12-13-29-5/h8-11,14-15,17H,6-7,12-13H2,1-5H3,(H,26,28)/b23-18+. The van der Waals surface area contributed by atoms with Gasteiger partial charge in [-0.05, 0) is 74.2 Å². The monoisotopic (exact) mass is 393 g/mol. The Balaban J connectivity index is 2.32. The first-order valence-corrected chi connectivity index (χ1v) is 10.1. The van der Waals surface area contributed by atoms with Gasteiger partial charge in [-0.25, -0.2) is 0 Å². The molecule has 0 saturated heterocycles. The maximum atomic E-state index is 12.6. The van der Waals surface area contributed by atoms with Gasteiger partial charge >= 0.3 is 0 Å². The number of nitrogens with zero attached hydrogens (tertiary/aromatic N) is 2. The third kappa shape index (κ3) is 5.58. The van der Waals surface area contributed by atoms with Gasteiger partial charge in [0.25, 0.3) is 5.91 Å². The Hall–Kier alpha value is -2.84. The van der Waals surface area contributed by atoms with Gasteiger partial charge in [-0.3, -0.25) is 4.79 Å². The molecule has 0 fully saturated rings. The highest BCUT2D eigenvalue weighted by molar-refractivity contribution is 6.05. The van der Waals surface area contributed by atoms with Crippen LogP contribution in [0.15, 0.2) is 42.0 Å². The number of benzene rings is 2. The molecule has 0 spiro atoms. The third-order valence-electron chi connectivity index (χ3n) is 5.23. The molecule has 0 bridgehead atoms. The zero-order valence-corrected chi connectivity index (χ0v) is 18.1. The Morgan fingerprint density at radius 3 is 2.45 bits per heavy atom. The lowest BCUT2D eigenvalue weighted by Gasteiger charge is -2.21. The van der Waals surface area contributed by atoms with E-state index in [1.54, 1.807) is 7.11 Å². The lowest BCUT2D eigenvalue weighted by Crippen LogP contribution is -2.34. The van der Waals surface area contributed by atoms with Crippen molar-refractivity contribution in [3.63, 3.8) is 0 Å². The summed E-state index contributed by atoms with van der Waals surface area (Å²) in [5.74, 6) is -0.342. The first kappa shape index (κ1) is 22.4. The van der Waals surface area contributed by atoms with E-state index in [1.807, 2.05) is 26.0 Å². The quantitative estimate of drug-likeness (QED) is 0.502. The van der Waals surface area contributed by atoms with Crippen LogP contribution < -0.4 is 10.2 Å². The molecule has 5 nitrogen and oxygen atoms in total. The number of hydrogen-bond acceptors (Lipinski definition) is 4. The van der Waals surface area contributed by atoms with Crippen LogP contribution in [0.2, 0.25) is 0 Å². The second-order valence-electron chi connectivity index (χ2n) is 7.19. The van der Waals surface area contributed by atoms with Gasteiger partial charge in [-0.15, -0.1) is 0 Å². The highest BCUT2D eigenvalue weighted by Crippen LogP contribution is 2.27. The van der Waals surface area contributed by atoms with Crippen molar-refractivity contribution in [1.29, 1.82) is 5.26 Å². The van der Waals surface area contributed by atoms with Crippen molar-refractivity contribution in [3.05, 3.63) is 47.5 Å². The average Bonchev–Trinajstić information content (AvgIpc) is 2.73. The van der Waals surface area contributed by atoms with E-state index in [9.17, 15) is 10.1 Å². The zero-order chi connectivity index (χ0) is 21.4. The minimum absolute atomic E-state index is 0.0614. The van der Waals surface area contributed by atoms with Crippen molar-refractivity contribution in [2.75, 3.05) is 31.7 Å². The van der Waals surface area contributed by atoms with E-state index in [0.29, 0.717) is 18.6 Å². The normalized spacial score (nSPS) is 12.8. The molecular formula is C24H31N3O2. The Labute approximate surface area is 174 Å². The Bertz CT molecular complexity index is 923. The van der Waals surface area contributed by atoms with Crippen LogP contribution >= 0.6 is 0 Å². The number of nitrogens with one attached hydrogen (secondary N) is 1. The van der Waals surface area contributed by atoms with E-state index in [2.05, 4.69) is 54.4 Å². The van der Waals surface area contributed by atoms with Gasteiger partial charge < -0.3 is 15.0 Å². The smallest absolute Gasteiger partial charge is 0.262 e. The molecule has 29 heavy (non-hydrogen) atoms. The van der Waals surface area contributed by atoms with Crippen LogP contribution in [0.5, 0.6) is 0 Å². The Morgan fingerprint density at radius 1 is 1.17 bits per heavy atom. The molecular weight excluding hydrogens is 362 g/mol. The van der Waals surface area contributed by atoms with Crippen molar-refractivity contribution in [1.82, 2.24) is 5.32 Å². The summed E-state index contributed by atoms with van der Waals surface area (Å²) in [6.07, 6.45) is 0.699.